The van der Waals surface area contributed by atoms with Gasteiger partial charge in [-0.3, -0.25) is 19.8 Å². The molecule has 0 radical (unpaired) electrons. The summed E-state index contributed by atoms with van der Waals surface area (Å²) in [7, 11) is 2.09. The fraction of sp³-hybridized carbons (Fsp3) is 0.455. The number of Topliss-reactive ketones (excluding diaryl/α,β-unsaturated/α-hetero) is 1. The standard InChI is InChI=1S/C22H26N4O2/c1-15-9-16(5-6-23-15)22-21-13-24-18(10-17(21)12-25-22)11-19(27)3-4-20-14-26(2)7-8-28-20/h5-6,9-10,13,20H,3-4,7-8,11-12,14H2,1-2H3. The number of morpholine rings is 1. The van der Waals surface area contributed by atoms with Gasteiger partial charge in [-0.05, 0) is 44.2 Å². The number of ketones is 1. The summed E-state index contributed by atoms with van der Waals surface area (Å²) >= 11 is 0. The number of nitrogens with zero attached hydrogens (tertiary/aromatic N) is 4. The smallest absolute Gasteiger partial charge is 0.138 e. The molecule has 0 spiro atoms. The fourth-order valence-electron chi connectivity index (χ4n) is 3.83. The van der Waals surface area contributed by atoms with Crippen molar-refractivity contribution < 1.29 is 9.53 Å². The minimum absolute atomic E-state index is 0.162. The molecule has 0 aliphatic carbocycles. The molecule has 0 bridgehead atoms. The molecule has 2 aliphatic heterocycles. The molecule has 0 N–H and O–H groups in total. The molecule has 1 saturated heterocycles. The Kier molecular flexibility index (Phi) is 5.59. The van der Waals surface area contributed by atoms with Crippen molar-refractivity contribution in [2.24, 2.45) is 4.99 Å². The van der Waals surface area contributed by atoms with E-state index in [4.69, 9.17) is 4.74 Å². The Labute approximate surface area is 165 Å². The lowest BCUT2D eigenvalue weighted by molar-refractivity contribution is -0.119. The molecule has 1 fully saturated rings. The minimum atomic E-state index is 0.162. The number of ether oxygens (including phenoxy) is 1. The number of aromatic nitrogens is 2. The molecular formula is C22H26N4O2. The first-order chi connectivity index (χ1) is 13.6. The number of pyridine rings is 2. The third kappa shape index (κ3) is 4.34. The summed E-state index contributed by atoms with van der Waals surface area (Å²) < 4.78 is 5.74. The highest BCUT2D eigenvalue weighted by Gasteiger charge is 2.21. The van der Waals surface area contributed by atoms with E-state index < -0.39 is 0 Å². The van der Waals surface area contributed by atoms with Crippen LogP contribution < -0.4 is 0 Å². The zero-order valence-electron chi connectivity index (χ0n) is 16.5. The number of aliphatic imine (C=N–C) groups is 1. The normalized spacial score (nSPS) is 19.4. The minimum Gasteiger partial charge on any atom is -0.376 e. The van der Waals surface area contributed by atoms with E-state index in [-0.39, 0.29) is 11.9 Å². The molecule has 28 heavy (non-hydrogen) atoms. The predicted molar refractivity (Wildman–Crippen MR) is 108 cm³/mol. The van der Waals surface area contributed by atoms with Gasteiger partial charge in [-0.2, -0.15) is 0 Å². The third-order valence-electron chi connectivity index (χ3n) is 5.34. The lowest BCUT2D eigenvalue weighted by atomic mass is 10.0. The molecule has 4 heterocycles. The number of carbonyl (C=O) groups is 1. The molecule has 1 unspecified atom stereocenters. The van der Waals surface area contributed by atoms with Crippen LogP contribution in [0.2, 0.25) is 0 Å². The van der Waals surface area contributed by atoms with E-state index in [2.05, 4.69) is 26.9 Å². The van der Waals surface area contributed by atoms with Crippen molar-refractivity contribution in [3.63, 3.8) is 0 Å². The van der Waals surface area contributed by atoms with Gasteiger partial charge in [-0.1, -0.05) is 0 Å². The van der Waals surface area contributed by atoms with Gasteiger partial charge >= 0.3 is 0 Å². The zero-order chi connectivity index (χ0) is 19.5. The van der Waals surface area contributed by atoms with Gasteiger partial charge in [0.1, 0.15) is 5.78 Å². The van der Waals surface area contributed by atoms with Gasteiger partial charge in [0.05, 0.1) is 25.0 Å². The van der Waals surface area contributed by atoms with E-state index in [1.165, 1.54) is 0 Å². The van der Waals surface area contributed by atoms with Crippen LogP contribution in [0.3, 0.4) is 0 Å². The molecule has 2 aliphatic rings. The van der Waals surface area contributed by atoms with E-state index in [1.54, 1.807) is 6.20 Å². The highest BCUT2D eigenvalue weighted by molar-refractivity contribution is 6.15. The van der Waals surface area contributed by atoms with Crippen LogP contribution in [0.25, 0.3) is 0 Å². The number of hydrogen-bond donors (Lipinski definition) is 0. The van der Waals surface area contributed by atoms with Crippen molar-refractivity contribution in [2.45, 2.75) is 38.8 Å². The van der Waals surface area contributed by atoms with Crippen molar-refractivity contribution in [3.8, 4) is 0 Å². The monoisotopic (exact) mass is 378 g/mol. The Bertz CT molecular complexity index is 909. The van der Waals surface area contributed by atoms with E-state index in [0.29, 0.717) is 19.4 Å². The van der Waals surface area contributed by atoms with Crippen LogP contribution in [0.4, 0.5) is 0 Å². The zero-order valence-corrected chi connectivity index (χ0v) is 16.5. The molecule has 1 atom stereocenters. The molecule has 6 heteroatoms. The first-order valence-electron chi connectivity index (χ1n) is 9.86. The highest BCUT2D eigenvalue weighted by atomic mass is 16.5. The van der Waals surface area contributed by atoms with Crippen LogP contribution in [0.5, 0.6) is 0 Å². The largest absolute Gasteiger partial charge is 0.376 e. The summed E-state index contributed by atoms with van der Waals surface area (Å²) in [5.41, 5.74) is 6.02. The SMILES string of the molecule is Cc1cc(C2=NCc3cc(CC(=O)CCC4CN(C)CCO4)ncc32)ccn1. The second-order valence-electron chi connectivity index (χ2n) is 7.69. The first kappa shape index (κ1) is 18.9. The summed E-state index contributed by atoms with van der Waals surface area (Å²) in [6.07, 6.45) is 5.52. The Morgan fingerprint density at radius 1 is 1.32 bits per heavy atom. The van der Waals surface area contributed by atoms with Gasteiger partial charge < -0.3 is 9.64 Å². The average molecular weight is 378 g/mol. The number of aryl methyl sites for hydroxylation is 1. The molecule has 4 rings (SSSR count). The third-order valence-corrected chi connectivity index (χ3v) is 5.34. The Morgan fingerprint density at radius 3 is 3.04 bits per heavy atom. The number of hydrogen-bond acceptors (Lipinski definition) is 6. The van der Waals surface area contributed by atoms with Crippen molar-refractivity contribution in [2.75, 3.05) is 26.7 Å². The maximum absolute atomic E-state index is 12.4. The topological polar surface area (TPSA) is 67.7 Å². The molecule has 0 amide bonds. The van der Waals surface area contributed by atoms with Crippen LogP contribution in [0, 0.1) is 6.92 Å². The lowest BCUT2D eigenvalue weighted by Crippen LogP contribution is -2.40. The van der Waals surface area contributed by atoms with E-state index >= 15 is 0 Å². The molecule has 2 aromatic rings. The second-order valence-corrected chi connectivity index (χ2v) is 7.69. The van der Waals surface area contributed by atoms with Crippen LogP contribution in [0.15, 0.2) is 35.6 Å². The number of likely N-dealkylation sites (N-methyl/N-ethyl adjacent to an activating group) is 1. The van der Waals surface area contributed by atoms with Crippen LogP contribution in [-0.4, -0.2) is 59.2 Å². The Morgan fingerprint density at radius 2 is 2.21 bits per heavy atom. The maximum atomic E-state index is 12.4. The van der Waals surface area contributed by atoms with Crippen molar-refractivity contribution in [1.29, 1.82) is 0 Å². The summed E-state index contributed by atoms with van der Waals surface area (Å²) in [6.45, 7) is 5.23. The molecule has 2 aromatic heterocycles. The average Bonchev–Trinajstić information content (AvgIpc) is 3.10. The predicted octanol–water partition coefficient (Wildman–Crippen LogP) is 2.36. The van der Waals surface area contributed by atoms with Gasteiger partial charge in [0.25, 0.3) is 0 Å². The quantitative estimate of drug-likeness (QED) is 0.772. The van der Waals surface area contributed by atoms with Crippen molar-refractivity contribution in [3.05, 3.63) is 58.7 Å². The summed E-state index contributed by atoms with van der Waals surface area (Å²) in [6, 6.07) is 6.04. The van der Waals surface area contributed by atoms with Gasteiger partial charge in [0.2, 0.25) is 0 Å². The van der Waals surface area contributed by atoms with E-state index in [1.807, 2.05) is 31.3 Å². The Balaban J connectivity index is 1.37. The van der Waals surface area contributed by atoms with Crippen molar-refractivity contribution >= 4 is 11.5 Å². The van der Waals surface area contributed by atoms with Gasteiger partial charge in [-0.25, -0.2) is 0 Å². The van der Waals surface area contributed by atoms with E-state index in [0.717, 1.165) is 59.9 Å². The van der Waals surface area contributed by atoms with Gasteiger partial charge in [0, 0.05) is 60.8 Å². The van der Waals surface area contributed by atoms with Gasteiger partial charge in [0.15, 0.2) is 0 Å². The van der Waals surface area contributed by atoms with Gasteiger partial charge in [-0.15, -0.1) is 0 Å². The Hall–Kier alpha value is -2.44. The molecule has 0 saturated carbocycles. The fourth-order valence-corrected chi connectivity index (χ4v) is 3.83. The van der Waals surface area contributed by atoms with E-state index in [9.17, 15) is 4.79 Å². The second kappa shape index (κ2) is 8.29. The summed E-state index contributed by atoms with van der Waals surface area (Å²) in [5, 5.41) is 0. The molecule has 0 aromatic carbocycles. The van der Waals surface area contributed by atoms with Crippen LogP contribution in [0.1, 0.15) is 40.9 Å². The number of carbonyl (C=O) groups excluding carboxylic acids is 1. The molecule has 6 nitrogen and oxygen atoms in total. The summed E-state index contributed by atoms with van der Waals surface area (Å²) in [4.78, 5) is 28.1. The lowest BCUT2D eigenvalue weighted by Gasteiger charge is -2.29. The molecule has 146 valence electrons. The summed E-state index contributed by atoms with van der Waals surface area (Å²) in [5.74, 6) is 0.216. The highest BCUT2D eigenvalue weighted by Crippen LogP contribution is 2.23. The van der Waals surface area contributed by atoms with Crippen LogP contribution >= 0.6 is 0 Å². The molecular weight excluding hydrogens is 352 g/mol. The first-order valence-corrected chi connectivity index (χ1v) is 9.86. The maximum Gasteiger partial charge on any atom is 0.138 e. The van der Waals surface area contributed by atoms with Crippen LogP contribution in [-0.2, 0) is 22.5 Å². The number of fused-ring (bicyclic) bond motifs is 1. The van der Waals surface area contributed by atoms with Crippen molar-refractivity contribution in [1.82, 2.24) is 14.9 Å². The number of rotatable bonds is 6.